The van der Waals surface area contributed by atoms with Gasteiger partial charge in [0.05, 0.1) is 0 Å². The fourth-order valence-corrected chi connectivity index (χ4v) is 3.01. The second kappa shape index (κ2) is 5.68. The van der Waals surface area contributed by atoms with Gasteiger partial charge in [-0.05, 0) is 68.7 Å². The standard InChI is InChI=1S/C17H24N2O2/c1-10(18)9-21-16-8-15(17(20)19-12-6-7-12)14-5-3-4-13(14)11(16)2/h8,10,12H,3-7,9,18H2,1-2H3,(H,19,20)/p+1. The molecule has 1 unspecified atom stereocenters. The number of ether oxygens (including phenoxy) is 1. The van der Waals surface area contributed by atoms with E-state index in [0.717, 1.165) is 43.4 Å². The van der Waals surface area contributed by atoms with E-state index < -0.39 is 0 Å². The van der Waals surface area contributed by atoms with Crippen molar-refractivity contribution in [2.75, 3.05) is 6.61 Å². The highest BCUT2D eigenvalue weighted by molar-refractivity contribution is 5.97. The summed E-state index contributed by atoms with van der Waals surface area (Å²) in [5.41, 5.74) is 8.54. The van der Waals surface area contributed by atoms with Crippen molar-refractivity contribution in [3.8, 4) is 5.75 Å². The predicted molar refractivity (Wildman–Crippen MR) is 81.5 cm³/mol. The molecule has 1 saturated carbocycles. The third-order valence-corrected chi connectivity index (χ3v) is 4.32. The lowest BCUT2D eigenvalue weighted by Crippen LogP contribution is -2.61. The molecule has 0 heterocycles. The van der Waals surface area contributed by atoms with Gasteiger partial charge < -0.3 is 15.8 Å². The minimum absolute atomic E-state index is 0.0724. The topological polar surface area (TPSA) is 66.0 Å². The van der Waals surface area contributed by atoms with Gasteiger partial charge in [-0.25, -0.2) is 0 Å². The molecule has 1 atom stereocenters. The molecule has 4 heteroatoms. The molecule has 0 bridgehead atoms. The molecule has 4 N–H and O–H groups in total. The first kappa shape index (κ1) is 14.4. The number of nitrogens with one attached hydrogen (secondary N) is 1. The van der Waals surface area contributed by atoms with Gasteiger partial charge >= 0.3 is 0 Å². The number of quaternary nitrogens is 1. The number of carbonyl (C=O) groups excluding carboxylic acids is 1. The van der Waals surface area contributed by atoms with Gasteiger partial charge in [0.2, 0.25) is 0 Å². The van der Waals surface area contributed by atoms with E-state index in [-0.39, 0.29) is 11.9 Å². The van der Waals surface area contributed by atoms with Crippen LogP contribution < -0.4 is 15.8 Å². The van der Waals surface area contributed by atoms with Crippen molar-refractivity contribution in [1.29, 1.82) is 0 Å². The molecule has 4 nitrogen and oxygen atoms in total. The fourth-order valence-electron chi connectivity index (χ4n) is 3.01. The van der Waals surface area contributed by atoms with Crippen molar-refractivity contribution in [2.45, 2.75) is 58.0 Å². The van der Waals surface area contributed by atoms with Crippen LogP contribution in [0.15, 0.2) is 6.07 Å². The van der Waals surface area contributed by atoms with Gasteiger partial charge in [-0.3, -0.25) is 4.79 Å². The molecule has 0 aliphatic heterocycles. The Morgan fingerprint density at radius 1 is 1.43 bits per heavy atom. The molecule has 1 aromatic carbocycles. The maximum atomic E-state index is 12.5. The zero-order valence-electron chi connectivity index (χ0n) is 13.0. The molecule has 0 saturated heterocycles. The van der Waals surface area contributed by atoms with E-state index in [1.165, 1.54) is 16.7 Å². The first-order chi connectivity index (χ1) is 10.1. The molecule has 21 heavy (non-hydrogen) atoms. The molecule has 114 valence electrons. The highest BCUT2D eigenvalue weighted by Gasteiger charge is 2.28. The molecule has 3 rings (SSSR count). The fraction of sp³-hybridized carbons (Fsp3) is 0.588. The smallest absolute Gasteiger partial charge is 0.251 e. The van der Waals surface area contributed by atoms with Crippen molar-refractivity contribution in [3.05, 3.63) is 28.3 Å². The highest BCUT2D eigenvalue weighted by Crippen LogP contribution is 2.35. The molecular formula is C17H25N2O2+. The first-order valence-electron chi connectivity index (χ1n) is 7.98. The van der Waals surface area contributed by atoms with Crippen LogP contribution in [0, 0.1) is 6.92 Å². The third kappa shape index (κ3) is 3.05. The van der Waals surface area contributed by atoms with E-state index in [0.29, 0.717) is 12.6 Å². The van der Waals surface area contributed by atoms with Crippen LogP contribution in [0.1, 0.15) is 53.2 Å². The second-order valence-corrected chi connectivity index (χ2v) is 6.52. The van der Waals surface area contributed by atoms with E-state index in [1.807, 2.05) is 13.0 Å². The predicted octanol–water partition coefficient (Wildman–Crippen LogP) is 1.39. The van der Waals surface area contributed by atoms with Crippen LogP contribution in [0.2, 0.25) is 0 Å². The van der Waals surface area contributed by atoms with Crippen LogP contribution in [0.25, 0.3) is 0 Å². The van der Waals surface area contributed by atoms with Crippen LogP contribution in [-0.4, -0.2) is 24.6 Å². The van der Waals surface area contributed by atoms with E-state index in [9.17, 15) is 4.79 Å². The SMILES string of the molecule is Cc1c(OCC(C)[NH3+])cc(C(=O)NC2CC2)c2c1CCC2. The molecule has 0 radical (unpaired) electrons. The third-order valence-electron chi connectivity index (χ3n) is 4.32. The Hall–Kier alpha value is -1.55. The average molecular weight is 289 g/mol. The van der Waals surface area contributed by atoms with Gasteiger partial charge in [-0.2, -0.15) is 0 Å². The normalized spacial score (nSPS) is 18.2. The monoisotopic (exact) mass is 289 g/mol. The quantitative estimate of drug-likeness (QED) is 0.860. The van der Waals surface area contributed by atoms with E-state index in [4.69, 9.17) is 4.74 Å². The number of hydrogen-bond acceptors (Lipinski definition) is 2. The van der Waals surface area contributed by atoms with Gasteiger partial charge in [0.1, 0.15) is 18.4 Å². The van der Waals surface area contributed by atoms with Crippen LogP contribution >= 0.6 is 0 Å². The van der Waals surface area contributed by atoms with E-state index in [2.05, 4.69) is 18.0 Å². The highest BCUT2D eigenvalue weighted by atomic mass is 16.5. The Bertz CT molecular complexity index is 562. The Balaban J connectivity index is 1.92. The van der Waals surface area contributed by atoms with Crippen molar-refractivity contribution < 1.29 is 15.3 Å². The number of amides is 1. The van der Waals surface area contributed by atoms with Crippen LogP contribution in [0.5, 0.6) is 5.75 Å². The number of carbonyl (C=O) groups is 1. The van der Waals surface area contributed by atoms with Gasteiger partial charge in [0.15, 0.2) is 0 Å². The van der Waals surface area contributed by atoms with Gasteiger partial charge in [-0.1, -0.05) is 0 Å². The first-order valence-corrected chi connectivity index (χ1v) is 7.98. The zero-order chi connectivity index (χ0) is 15.0. The summed E-state index contributed by atoms with van der Waals surface area (Å²) in [5, 5.41) is 3.10. The molecule has 2 aliphatic rings. The minimum atomic E-state index is 0.0724. The summed E-state index contributed by atoms with van der Waals surface area (Å²) >= 11 is 0. The zero-order valence-corrected chi connectivity index (χ0v) is 13.0. The second-order valence-electron chi connectivity index (χ2n) is 6.52. The number of rotatable bonds is 5. The van der Waals surface area contributed by atoms with E-state index in [1.54, 1.807) is 0 Å². The van der Waals surface area contributed by atoms with Gasteiger partial charge in [0.25, 0.3) is 5.91 Å². The molecule has 0 spiro atoms. The lowest BCUT2D eigenvalue weighted by Gasteiger charge is -2.17. The molecule has 2 aliphatic carbocycles. The van der Waals surface area contributed by atoms with E-state index >= 15 is 0 Å². The largest absolute Gasteiger partial charge is 0.487 e. The van der Waals surface area contributed by atoms with Crippen molar-refractivity contribution in [2.24, 2.45) is 0 Å². The van der Waals surface area contributed by atoms with Crippen molar-refractivity contribution in [1.82, 2.24) is 5.32 Å². The van der Waals surface area contributed by atoms with Crippen LogP contribution in [-0.2, 0) is 12.8 Å². The summed E-state index contributed by atoms with van der Waals surface area (Å²) in [6, 6.07) is 2.57. The molecule has 0 aromatic heterocycles. The lowest BCUT2D eigenvalue weighted by atomic mass is 9.97. The summed E-state index contributed by atoms with van der Waals surface area (Å²) in [6.07, 6.45) is 5.43. The van der Waals surface area contributed by atoms with Crippen LogP contribution in [0.4, 0.5) is 0 Å². The Labute approximate surface area is 126 Å². The van der Waals surface area contributed by atoms with Gasteiger partial charge in [-0.15, -0.1) is 0 Å². The molecule has 1 fully saturated rings. The Morgan fingerprint density at radius 2 is 2.14 bits per heavy atom. The Kier molecular flexibility index (Phi) is 3.89. The van der Waals surface area contributed by atoms with Crippen LogP contribution in [0.3, 0.4) is 0 Å². The van der Waals surface area contributed by atoms with Crippen molar-refractivity contribution >= 4 is 5.91 Å². The summed E-state index contributed by atoms with van der Waals surface area (Å²) in [4.78, 5) is 12.5. The maximum absolute atomic E-state index is 12.5. The summed E-state index contributed by atoms with van der Waals surface area (Å²) in [6.45, 7) is 4.72. The number of benzene rings is 1. The summed E-state index contributed by atoms with van der Waals surface area (Å²) in [5.74, 6) is 0.926. The average Bonchev–Trinajstić information content (AvgIpc) is 3.11. The Morgan fingerprint density at radius 3 is 2.81 bits per heavy atom. The summed E-state index contributed by atoms with van der Waals surface area (Å²) < 4.78 is 5.89. The van der Waals surface area contributed by atoms with Gasteiger partial charge in [0, 0.05) is 11.6 Å². The molecule has 1 aromatic rings. The maximum Gasteiger partial charge on any atom is 0.251 e. The summed E-state index contributed by atoms with van der Waals surface area (Å²) in [7, 11) is 0. The number of hydrogen-bond donors (Lipinski definition) is 2. The molecule has 1 amide bonds. The van der Waals surface area contributed by atoms with Crippen molar-refractivity contribution in [3.63, 3.8) is 0 Å². The molecular weight excluding hydrogens is 264 g/mol. The lowest BCUT2D eigenvalue weighted by molar-refractivity contribution is -0.417. The minimum Gasteiger partial charge on any atom is -0.487 e. The number of fused-ring (bicyclic) bond motifs is 1.